The second-order valence-corrected chi connectivity index (χ2v) is 8.02. The molecule has 1 aliphatic carbocycles. The molecule has 2 heterocycles. The molecular weight excluding hydrogens is 366 g/mol. The standard InChI is InChI=1S/C23H27N3O3/c1-15(28)25-13-20-22(21(14-27)26(20)23(29)18-4-2-5-18)17-9-7-16(8-10-17)19-6-3-11-24-12-19/h3,6-12,18,20-22,27H,2,4-5,13-14H2,1H3,(H,25,28)/t20-,21-,22-/m0/s1. The molecule has 0 bridgehead atoms. The minimum absolute atomic E-state index is 0.00109. The molecule has 2 aromatic rings. The first kappa shape index (κ1) is 19.6. The Morgan fingerprint density at radius 3 is 2.45 bits per heavy atom. The van der Waals surface area contributed by atoms with E-state index >= 15 is 0 Å². The zero-order valence-electron chi connectivity index (χ0n) is 16.6. The Hall–Kier alpha value is -2.73. The van der Waals surface area contributed by atoms with Crippen LogP contribution in [0.4, 0.5) is 0 Å². The van der Waals surface area contributed by atoms with Crippen LogP contribution in [0.5, 0.6) is 0 Å². The molecule has 2 N–H and O–H groups in total. The van der Waals surface area contributed by atoms with Gasteiger partial charge in [-0.3, -0.25) is 14.6 Å². The van der Waals surface area contributed by atoms with Crippen LogP contribution in [-0.2, 0) is 9.59 Å². The van der Waals surface area contributed by atoms with Crippen LogP contribution in [0.3, 0.4) is 0 Å². The third-order valence-electron chi connectivity index (χ3n) is 6.29. The van der Waals surface area contributed by atoms with Crippen LogP contribution >= 0.6 is 0 Å². The second-order valence-electron chi connectivity index (χ2n) is 8.02. The summed E-state index contributed by atoms with van der Waals surface area (Å²) in [5.41, 5.74) is 3.19. The quantitative estimate of drug-likeness (QED) is 0.789. The summed E-state index contributed by atoms with van der Waals surface area (Å²) in [7, 11) is 0. The molecule has 2 amide bonds. The second kappa shape index (κ2) is 8.33. The Kier molecular flexibility index (Phi) is 5.62. The highest BCUT2D eigenvalue weighted by atomic mass is 16.3. The van der Waals surface area contributed by atoms with E-state index in [9.17, 15) is 14.7 Å². The number of carbonyl (C=O) groups is 2. The fraction of sp³-hybridized carbons (Fsp3) is 0.435. The summed E-state index contributed by atoms with van der Waals surface area (Å²) in [6, 6.07) is 11.8. The van der Waals surface area contributed by atoms with E-state index in [1.807, 2.05) is 35.4 Å². The number of nitrogens with zero attached hydrogens (tertiary/aromatic N) is 2. The van der Waals surface area contributed by atoms with Crippen LogP contribution in [-0.4, -0.2) is 52.0 Å². The predicted molar refractivity (Wildman–Crippen MR) is 110 cm³/mol. The van der Waals surface area contributed by atoms with Crippen molar-refractivity contribution in [3.05, 3.63) is 54.4 Å². The Morgan fingerprint density at radius 1 is 1.14 bits per heavy atom. The number of rotatable bonds is 6. The van der Waals surface area contributed by atoms with Crippen molar-refractivity contribution in [2.75, 3.05) is 13.2 Å². The van der Waals surface area contributed by atoms with Crippen molar-refractivity contribution in [3.8, 4) is 11.1 Å². The van der Waals surface area contributed by atoms with Crippen molar-refractivity contribution in [3.63, 3.8) is 0 Å². The SMILES string of the molecule is CC(=O)NC[C@H]1[C@H](c2ccc(-c3cccnc3)cc2)[C@H](CO)N1C(=O)C1CCC1. The number of benzene rings is 1. The maximum atomic E-state index is 12.9. The molecule has 1 aliphatic heterocycles. The lowest BCUT2D eigenvalue weighted by Crippen LogP contribution is -2.69. The van der Waals surface area contributed by atoms with Gasteiger partial charge in [0.2, 0.25) is 11.8 Å². The lowest BCUT2D eigenvalue weighted by molar-refractivity contribution is -0.158. The van der Waals surface area contributed by atoms with E-state index in [1.165, 1.54) is 6.92 Å². The smallest absolute Gasteiger partial charge is 0.226 e. The normalized spacial score (nSPS) is 23.8. The van der Waals surface area contributed by atoms with Gasteiger partial charge in [-0.1, -0.05) is 36.8 Å². The average molecular weight is 393 g/mol. The van der Waals surface area contributed by atoms with Crippen LogP contribution in [0.1, 0.15) is 37.7 Å². The monoisotopic (exact) mass is 393 g/mol. The van der Waals surface area contributed by atoms with Crippen LogP contribution in [0.2, 0.25) is 0 Å². The van der Waals surface area contributed by atoms with E-state index in [0.29, 0.717) is 6.54 Å². The summed E-state index contributed by atoms with van der Waals surface area (Å²) >= 11 is 0. The van der Waals surface area contributed by atoms with Gasteiger partial charge in [0.05, 0.1) is 18.7 Å². The maximum Gasteiger partial charge on any atom is 0.226 e. The number of carbonyl (C=O) groups excluding carboxylic acids is 2. The van der Waals surface area contributed by atoms with E-state index in [1.54, 1.807) is 6.20 Å². The first-order valence-electron chi connectivity index (χ1n) is 10.3. The van der Waals surface area contributed by atoms with Gasteiger partial charge in [0.15, 0.2) is 0 Å². The van der Waals surface area contributed by atoms with Crippen LogP contribution in [0.15, 0.2) is 48.8 Å². The summed E-state index contributed by atoms with van der Waals surface area (Å²) in [6.07, 6.45) is 6.51. The van der Waals surface area contributed by atoms with Gasteiger partial charge in [-0.25, -0.2) is 0 Å². The Balaban J connectivity index is 1.57. The van der Waals surface area contributed by atoms with Crippen molar-refractivity contribution in [1.82, 2.24) is 15.2 Å². The minimum atomic E-state index is -0.244. The van der Waals surface area contributed by atoms with E-state index < -0.39 is 0 Å². The fourth-order valence-corrected chi connectivity index (χ4v) is 4.49. The van der Waals surface area contributed by atoms with Gasteiger partial charge in [0.25, 0.3) is 0 Å². The molecule has 1 saturated heterocycles. The molecule has 0 unspecified atom stereocenters. The van der Waals surface area contributed by atoms with E-state index in [-0.39, 0.29) is 42.3 Å². The van der Waals surface area contributed by atoms with Gasteiger partial charge in [0, 0.05) is 37.7 Å². The highest BCUT2D eigenvalue weighted by Gasteiger charge is 2.52. The molecular formula is C23H27N3O3. The largest absolute Gasteiger partial charge is 0.394 e. The highest BCUT2D eigenvalue weighted by Crippen LogP contribution is 2.43. The lowest BCUT2D eigenvalue weighted by atomic mass is 9.72. The average Bonchev–Trinajstić information content (AvgIpc) is 2.67. The van der Waals surface area contributed by atoms with Crippen LogP contribution in [0, 0.1) is 5.92 Å². The molecule has 0 radical (unpaired) electrons. The van der Waals surface area contributed by atoms with E-state index in [2.05, 4.69) is 22.4 Å². The molecule has 1 saturated carbocycles. The predicted octanol–water partition coefficient (Wildman–Crippen LogP) is 2.34. The number of aromatic nitrogens is 1. The molecule has 2 aliphatic rings. The van der Waals surface area contributed by atoms with Crippen molar-refractivity contribution in [1.29, 1.82) is 0 Å². The molecule has 152 valence electrons. The summed E-state index contributed by atoms with van der Waals surface area (Å²) in [6.45, 7) is 1.81. The highest BCUT2D eigenvalue weighted by molar-refractivity contribution is 5.82. The molecule has 6 heteroatoms. The topological polar surface area (TPSA) is 82.5 Å². The van der Waals surface area contributed by atoms with Gasteiger partial charge in [-0.05, 0) is 35.6 Å². The zero-order valence-corrected chi connectivity index (χ0v) is 16.6. The number of aliphatic hydroxyl groups excluding tert-OH is 1. The first-order valence-corrected chi connectivity index (χ1v) is 10.3. The zero-order chi connectivity index (χ0) is 20.4. The van der Waals surface area contributed by atoms with Gasteiger partial charge >= 0.3 is 0 Å². The van der Waals surface area contributed by atoms with Gasteiger partial charge < -0.3 is 15.3 Å². The number of pyridine rings is 1. The number of likely N-dealkylation sites (tertiary alicyclic amines) is 1. The maximum absolute atomic E-state index is 12.9. The number of hydrogen-bond acceptors (Lipinski definition) is 4. The third kappa shape index (κ3) is 3.77. The van der Waals surface area contributed by atoms with Crippen LogP contribution in [0.25, 0.3) is 11.1 Å². The molecule has 1 aromatic heterocycles. The Bertz CT molecular complexity index is 865. The number of nitrogens with one attached hydrogen (secondary N) is 1. The minimum Gasteiger partial charge on any atom is -0.394 e. The summed E-state index contributed by atoms with van der Waals surface area (Å²) in [4.78, 5) is 30.4. The lowest BCUT2D eigenvalue weighted by Gasteiger charge is -2.56. The summed E-state index contributed by atoms with van der Waals surface area (Å²) in [5, 5.41) is 12.9. The molecule has 0 spiro atoms. The summed E-state index contributed by atoms with van der Waals surface area (Å²) in [5.74, 6) is 0.0738. The van der Waals surface area contributed by atoms with Gasteiger partial charge in [-0.15, -0.1) is 0 Å². The van der Waals surface area contributed by atoms with Crippen molar-refractivity contribution < 1.29 is 14.7 Å². The van der Waals surface area contributed by atoms with Gasteiger partial charge in [-0.2, -0.15) is 0 Å². The van der Waals surface area contributed by atoms with Crippen LogP contribution < -0.4 is 5.32 Å². The number of amides is 2. The molecule has 6 nitrogen and oxygen atoms in total. The van der Waals surface area contributed by atoms with Crippen molar-refractivity contribution in [2.45, 2.75) is 44.2 Å². The Morgan fingerprint density at radius 2 is 1.90 bits per heavy atom. The molecule has 2 fully saturated rings. The van der Waals surface area contributed by atoms with Crippen molar-refractivity contribution >= 4 is 11.8 Å². The molecule has 29 heavy (non-hydrogen) atoms. The molecule has 4 rings (SSSR count). The van der Waals surface area contributed by atoms with Gasteiger partial charge in [0.1, 0.15) is 0 Å². The number of aliphatic hydroxyl groups is 1. The summed E-state index contributed by atoms with van der Waals surface area (Å²) < 4.78 is 0. The third-order valence-corrected chi connectivity index (χ3v) is 6.29. The molecule has 3 atom stereocenters. The Labute approximate surface area is 171 Å². The van der Waals surface area contributed by atoms with E-state index in [0.717, 1.165) is 36.0 Å². The fourth-order valence-electron chi connectivity index (χ4n) is 4.49. The first-order chi connectivity index (χ1) is 14.1. The van der Waals surface area contributed by atoms with E-state index in [4.69, 9.17) is 0 Å². The molecule has 1 aromatic carbocycles. The number of hydrogen-bond donors (Lipinski definition) is 2. The van der Waals surface area contributed by atoms with Crippen molar-refractivity contribution in [2.24, 2.45) is 5.92 Å².